The Hall–Kier alpha value is -0.810. The number of nitrogens with zero attached hydrogens (tertiary/aromatic N) is 1. The van der Waals surface area contributed by atoms with Crippen LogP contribution in [0.5, 0.6) is 0 Å². The Bertz CT molecular complexity index is 515. The van der Waals surface area contributed by atoms with E-state index < -0.39 is 0 Å². The molecule has 1 N–H and O–H groups in total. The maximum atomic E-state index is 11.6. The van der Waals surface area contributed by atoms with Gasteiger partial charge >= 0.3 is 0 Å². The Kier molecular flexibility index (Phi) is 3.11. The van der Waals surface area contributed by atoms with Crippen molar-refractivity contribution in [3.63, 3.8) is 0 Å². The van der Waals surface area contributed by atoms with Crippen LogP contribution in [0.3, 0.4) is 0 Å². The van der Waals surface area contributed by atoms with Crippen LogP contribution in [0.4, 0.5) is 0 Å². The minimum atomic E-state index is -0.0266. The SMILES string of the molecule is CC(C)CSc1nc2ccsc2c(=O)[nH]1. The largest absolute Gasteiger partial charge is 0.300 e. The van der Waals surface area contributed by atoms with Crippen LogP contribution in [0.15, 0.2) is 21.4 Å². The Labute approximate surface area is 95.9 Å². The highest BCUT2D eigenvalue weighted by atomic mass is 32.2. The van der Waals surface area contributed by atoms with E-state index in [0.29, 0.717) is 10.6 Å². The second kappa shape index (κ2) is 4.37. The van der Waals surface area contributed by atoms with Gasteiger partial charge in [0.15, 0.2) is 5.16 Å². The zero-order valence-corrected chi connectivity index (χ0v) is 10.2. The van der Waals surface area contributed by atoms with Crippen molar-refractivity contribution in [3.05, 3.63) is 21.8 Å². The summed E-state index contributed by atoms with van der Waals surface area (Å²) in [4.78, 5) is 18.8. The molecule has 0 aliphatic rings. The average Bonchev–Trinajstić information content (AvgIpc) is 2.63. The van der Waals surface area contributed by atoms with Gasteiger partial charge in [0.1, 0.15) is 4.70 Å². The second-order valence-electron chi connectivity index (χ2n) is 3.71. The molecule has 0 unspecified atom stereocenters. The fourth-order valence-electron chi connectivity index (χ4n) is 1.17. The number of aromatic nitrogens is 2. The summed E-state index contributed by atoms with van der Waals surface area (Å²) in [5.41, 5.74) is 0.774. The molecule has 0 amide bonds. The summed E-state index contributed by atoms with van der Waals surface area (Å²) in [6.45, 7) is 4.29. The molecule has 0 radical (unpaired) electrons. The molecule has 3 nitrogen and oxygen atoms in total. The molecule has 0 saturated heterocycles. The van der Waals surface area contributed by atoms with Crippen LogP contribution in [-0.4, -0.2) is 15.7 Å². The van der Waals surface area contributed by atoms with Gasteiger partial charge in [-0.15, -0.1) is 11.3 Å². The minimum Gasteiger partial charge on any atom is -0.300 e. The number of hydrogen-bond acceptors (Lipinski definition) is 4. The van der Waals surface area contributed by atoms with Crippen molar-refractivity contribution in [2.24, 2.45) is 5.92 Å². The van der Waals surface area contributed by atoms with Crippen molar-refractivity contribution in [1.82, 2.24) is 9.97 Å². The summed E-state index contributed by atoms with van der Waals surface area (Å²) in [7, 11) is 0. The lowest BCUT2D eigenvalue weighted by molar-refractivity contribution is 0.748. The molecular formula is C10H12N2OS2. The number of nitrogens with one attached hydrogen (secondary N) is 1. The summed E-state index contributed by atoms with van der Waals surface area (Å²) in [5, 5.41) is 2.61. The summed E-state index contributed by atoms with van der Waals surface area (Å²) >= 11 is 3.03. The van der Waals surface area contributed by atoms with E-state index in [0.717, 1.165) is 16.4 Å². The number of hydrogen-bond donors (Lipinski definition) is 1. The maximum absolute atomic E-state index is 11.6. The average molecular weight is 240 g/mol. The van der Waals surface area contributed by atoms with Gasteiger partial charge in [0, 0.05) is 5.75 Å². The number of thiophene rings is 1. The summed E-state index contributed by atoms with van der Waals surface area (Å²) in [6.07, 6.45) is 0. The number of thioether (sulfide) groups is 1. The summed E-state index contributed by atoms with van der Waals surface area (Å²) in [6, 6.07) is 1.88. The maximum Gasteiger partial charge on any atom is 0.269 e. The van der Waals surface area contributed by atoms with Crippen molar-refractivity contribution in [1.29, 1.82) is 0 Å². The van der Waals surface area contributed by atoms with Crippen LogP contribution < -0.4 is 5.56 Å². The molecule has 5 heteroatoms. The minimum absolute atomic E-state index is 0.0266. The van der Waals surface area contributed by atoms with Crippen molar-refractivity contribution in [2.75, 3.05) is 5.75 Å². The van der Waals surface area contributed by atoms with E-state index >= 15 is 0 Å². The molecule has 15 heavy (non-hydrogen) atoms. The molecular weight excluding hydrogens is 228 g/mol. The predicted molar refractivity (Wildman–Crippen MR) is 65.8 cm³/mol. The molecule has 0 bridgehead atoms. The number of fused-ring (bicyclic) bond motifs is 1. The van der Waals surface area contributed by atoms with Gasteiger partial charge in [-0.1, -0.05) is 25.6 Å². The summed E-state index contributed by atoms with van der Waals surface area (Å²) in [5.74, 6) is 1.57. The third-order valence-corrected chi connectivity index (χ3v) is 4.05. The lowest BCUT2D eigenvalue weighted by Crippen LogP contribution is -2.07. The van der Waals surface area contributed by atoms with Crippen molar-refractivity contribution in [3.8, 4) is 0 Å². The fraction of sp³-hybridized carbons (Fsp3) is 0.400. The van der Waals surface area contributed by atoms with E-state index in [-0.39, 0.29) is 5.56 Å². The van der Waals surface area contributed by atoms with Crippen LogP contribution in [0.1, 0.15) is 13.8 Å². The van der Waals surface area contributed by atoms with Crippen molar-refractivity contribution in [2.45, 2.75) is 19.0 Å². The monoisotopic (exact) mass is 240 g/mol. The van der Waals surface area contributed by atoms with Gasteiger partial charge < -0.3 is 4.98 Å². The molecule has 80 valence electrons. The zero-order chi connectivity index (χ0) is 10.8. The van der Waals surface area contributed by atoms with Crippen molar-refractivity contribution < 1.29 is 0 Å². The van der Waals surface area contributed by atoms with Gasteiger partial charge in [0.25, 0.3) is 5.56 Å². The first-order chi connectivity index (χ1) is 7.16. The first-order valence-corrected chi connectivity index (χ1v) is 6.63. The van der Waals surface area contributed by atoms with E-state index in [2.05, 4.69) is 23.8 Å². The zero-order valence-electron chi connectivity index (χ0n) is 8.61. The van der Waals surface area contributed by atoms with E-state index in [4.69, 9.17) is 0 Å². The molecule has 2 heterocycles. The first-order valence-electron chi connectivity index (χ1n) is 4.77. The highest BCUT2D eigenvalue weighted by Gasteiger charge is 2.05. The lowest BCUT2D eigenvalue weighted by atomic mass is 10.3. The van der Waals surface area contributed by atoms with E-state index in [9.17, 15) is 4.79 Å². The quantitative estimate of drug-likeness (QED) is 0.663. The van der Waals surface area contributed by atoms with Crippen LogP contribution in [0.2, 0.25) is 0 Å². The van der Waals surface area contributed by atoms with Crippen molar-refractivity contribution >= 4 is 33.3 Å². The fourth-order valence-corrected chi connectivity index (χ4v) is 2.71. The van der Waals surface area contributed by atoms with Crippen LogP contribution in [-0.2, 0) is 0 Å². The smallest absolute Gasteiger partial charge is 0.269 e. The number of rotatable bonds is 3. The highest BCUT2D eigenvalue weighted by molar-refractivity contribution is 7.99. The summed E-state index contributed by atoms with van der Waals surface area (Å²) < 4.78 is 0.712. The lowest BCUT2D eigenvalue weighted by Gasteiger charge is -2.03. The van der Waals surface area contributed by atoms with Gasteiger partial charge in [-0.05, 0) is 17.4 Å². The highest BCUT2D eigenvalue weighted by Crippen LogP contribution is 2.19. The second-order valence-corrected chi connectivity index (χ2v) is 5.64. The molecule has 0 aromatic carbocycles. The van der Waals surface area contributed by atoms with E-state index in [1.54, 1.807) is 11.8 Å². The predicted octanol–water partition coefficient (Wildman–Crippen LogP) is 2.73. The molecule has 0 aliphatic carbocycles. The Morgan fingerprint density at radius 3 is 3.13 bits per heavy atom. The standard InChI is InChI=1S/C10H12N2OS2/c1-6(2)5-15-10-11-7-3-4-14-8(7)9(13)12-10/h3-4,6H,5H2,1-2H3,(H,11,12,13). The van der Waals surface area contributed by atoms with Gasteiger partial charge in [0.2, 0.25) is 0 Å². The Balaban J connectivity index is 2.33. The molecule has 2 aromatic rings. The van der Waals surface area contributed by atoms with E-state index in [1.807, 2.05) is 11.4 Å². The Morgan fingerprint density at radius 2 is 2.40 bits per heavy atom. The molecule has 0 spiro atoms. The molecule has 0 atom stereocenters. The molecule has 0 saturated carbocycles. The third-order valence-electron chi connectivity index (χ3n) is 1.85. The molecule has 2 aromatic heterocycles. The number of aromatic amines is 1. The van der Waals surface area contributed by atoms with Gasteiger partial charge in [0.05, 0.1) is 5.52 Å². The molecule has 0 fully saturated rings. The van der Waals surface area contributed by atoms with Crippen LogP contribution in [0.25, 0.3) is 10.2 Å². The van der Waals surface area contributed by atoms with Gasteiger partial charge in [-0.25, -0.2) is 4.98 Å². The normalized spacial score (nSPS) is 11.4. The Morgan fingerprint density at radius 1 is 1.60 bits per heavy atom. The topological polar surface area (TPSA) is 45.8 Å². The van der Waals surface area contributed by atoms with Crippen LogP contribution in [0, 0.1) is 5.92 Å². The first kappa shape index (κ1) is 10.7. The molecule has 2 rings (SSSR count). The van der Waals surface area contributed by atoms with Gasteiger partial charge in [-0.3, -0.25) is 4.79 Å². The van der Waals surface area contributed by atoms with Crippen LogP contribution >= 0.6 is 23.1 Å². The molecule has 0 aliphatic heterocycles. The van der Waals surface area contributed by atoms with Gasteiger partial charge in [-0.2, -0.15) is 0 Å². The van der Waals surface area contributed by atoms with E-state index in [1.165, 1.54) is 11.3 Å². The number of H-pyrrole nitrogens is 1. The third kappa shape index (κ3) is 2.41.